The second-order valence-electron chi connectivity index (χ2n) is 6.63. The average molecular weight is 331 g/mol. The van der Waals surface area contributed by atoms with Crippen LogP contribution in [-0.4, -0.2) is 31.8 Å². The first-order valence-electron chi connectivity index (χ1n) is 8.37. The first-order chi connectivity index (χ1) is 11.6. The minimum absolute atomic E-state index is 0.0432. The van der Waals surface area contributed by atoms with Crippen LogP contribution in [0.25, 0.3) is 0 Å². The smallest absolute Gasteiger partial charge is 0.225 e. The van der Waals surface area contributed by atoms with Gasteiger partial charge in [0.2, 0.25) is 5.91 Å². The number of methoxy groups -OCH3 is 1. The highest BCUT2D eigenvalue weighted by Gasteiger charge is 2.39. The Hall–Kier alpha value is -2.29. The van der Waals surface area contributed by atoms with Crippen molar-refractivity contribution in [3.63, 3.8) is 0 Å². The molecule has 1 saturated carbocycles. The van der Waals surface area contributed by atoms with Gasteiger partial charge in [-0.15, -0.1) is 0 Å². The quantitative estimate of drug-likeness (QED) is 0.889. The van der Waals surface area contributed by atoms with Crippen LogP contribution in [0.5, 0.6) is 5.75 Å². The van der Waals surface area contributed by atoms with Gasteiger partial charge in [0.1, 0.15) is 18.0 Å². The third kappa shape index (κ3) is 3.45. The molecule has 1 aliphatic carbocycles. The van der Waals surface area contributed by atoms with E-state index in [-0.39, 0.29) is 23.8 Å². The Labute approximate surface area is 141 Å². The van der Waals surface area contributed by atoms with E-state index in [9.17, 15) is 9.18 Å². The Kier molecular flexibility index (Phi) is 4.89. The van der Waals surface area contributed by atoms with E-state index in [1.807, 2.05) is 0 Å². The third-order valence-corrected chi connectivity index (χ3v) is 5.08. The number of nitrogens with one attached hydrogen (secondary N) is 2. The number of alkyl halides is 1. The van der Waals surface area contributed by atoms with E-state index in [0.29, 0.717) is 30.7 Å². The Balaban J connectivity index is 1.62. The fraction of sp³-hybridized carbons (Fsp3) is 0.556. The number of rotatable bonds is 4. The summed E-state index contributed by atoms with van der Waals surface area (Å²) < 4.78 is 18.8. The molecule has 24 heavy (non-hydrogen) atoms. The molecule has 0 aromatic heterocycles. The Morgan fingerprint density at radius 1 is 1.42 bits per heavy atom. The summed E-state index contributed by atoms with van der Waals surface area (Å²) in [7, 11) is 1.52. The van der Waals surface area contributed by atoms with E-state index in [2.05, 4.69) is 16.7 Å². The molecule has 1 aromatic carbocycles. The molecule has 1 aliphatic heterocycles. The molecular weight excluding hydrogens is 309 g/mol. The van der Waals surface area contributed by atoms with Crippen molar-refractivity contribution in [2.45, 2.75) is 37.9 Å². The molecule has 2 fully saturated rings. The van der Waals surface area contributed by atoms with Gasteiger partial charge in [0.15, 0.2) is 0 Å². The molecule has 1 saturated heterocycles. The Morgan fingerprint density at radius 3 is 3.00 bits per heavy atom. The molecule has 3 rings (SSSR count). The van der Waals surface area contributed by atoms with Gasteiger partial charge in [-0.3, -0.25) is 4.79 Å². The van der Waals surface area contributed by atoms with E-state index in [1.54, 1.807) is 18.2 Å². The zero-order chi connectivity index (χ0) is 17.1. The second-order valence-corrected chi connectivity index (χ2v) is 6.63. The number of nitriles is 1. The number of ether oxygens (including phenoxy) is 1. The maximum absolute atomic E-state index is 13.6. The molecule has 2 aliphatic rings. The summed E-state index contributed by atoms with van der Waals surface area (Å²) in [6, 6.07) is 7.44. The lowest BCUT2D eigenvalue weighted by molar-refractivity contribution is -0.129. The van der Waals surface area contributed by atoms with Crippen molar-refractivity contribution in [1.82, 2.24) is 5.32 Å². The number of hydrogen-bond donors (Lipinski definition) is 2. The highest BCUT2D eigenvalue weighted by Crippen LogP contribution is 2.35. The molecular formula is C18H22FN3O2. The number of hydrogen-bond acceptors (Lipinski definition) is 4. The van der Waals surface area contributed by atoms with Gasteiger partial charge >= 0.3 is 0 Å². The number of piperidine rings is 1. The summed E-state index contributed by atoms with van der Waals surface area (Å²) in [6.45, 7) is 0.487. The van der Waals surface area contributed by atoms with Crippen LogP contribution in [0, 0.1) is 23.2 Å². The molecule has 128 valence electrons. The summed E-state index contributed by atoms with van der Waals surface area (Å²) in [5, 5.41) is 15.3. The largest absolute Gasteiger partial charge is 0.495 e. The van der Waals surface area contributed by atoms with Crippen LogP contribution in [0.3, 0.4) is 0 Å². The van der Waals surface area contributed by atoms with Gasteiger partial charge in [-0.2, -0.15) is 5.26 Å². The zero-order valence-electron chi connectivity index (χ0n) is 13.7. The summed E-state index contributed by atoms with van der Waals surface area (Å²) in [6.07, 6.45) is 1.82. The molecule has 4 unspecified atom stereocenters. The highest BCUT2D eigenvalue weighted by atomic mass is 19.1. The number of anilines is 1. The molecule has 0 bridgehead atoms. The second kappa shape index (κ2) is 7.08. The minimum atomic E-state index is -0.738. The summed E-state index contributed by atoms with van der Waals surface area (Å²) in [4.78, 5) is 12.3. The fourth-order valence-electron chi connectivity index (χ4n) is 3.74. The van der Waals surface area contributed by atoms with Gasteiger partial charge in [0.25, 0.3) is 0 Å². The van der Waals surface area contributed by atoms with Crippen molar-refractivity contribution in [1.29, 1.82) is 5.26 Å². The number of halogens is 1. The number of benzene rings is 1. The van der Waals surface area contributed by atoms with Crippen LogP contribution in [0.15, 0.2) is 18.2 Å². The van der Waals surface area contributed by atoms with E-state index in [1.165, 1.54) is 7.11 Å². The van der Waals surface area contributed by atoms with Crippen molar-refractivity contribution in [3.05, 3.63) is 23.8 Å². The van der Waals surface area contributed by atoms with Gasteiger partial charge < -0.3 is 15.4 Å². The average Bonchev–Trinajstić information content (AvgIpc) is 2.60. The SMILES string of the molecule is COc1cc(NCC2CC3CC(F)CCC3NC2=O)ccc1C#N. The molecule has 1 aromatic rings. The van der Waals surface area contributed by atoms with Crippen LogP contribution < -0.4 is 15.4 Å². The van der Waals surface area contributed by atoms with Crippen molar-refractivity contribution >= 4 is 11.6 Å². The number of amides is 1. The normalized spacial score (nSPS) is 29.1. The summed E-state index contributed by atoms with van der Waals surface area (Å²) in [5.74, 6) is 0.608. The van der Waals surface area contributed by atoms with Gasteiger partial charge in [0.05, 0.1) is 18.6 Å². The molecule has 4 atom stereocenters. The van der Waals surface area contributed by atoms with Crippen molar-refractivity contribution in [3.8, 4) is 11.8 Å². The lowest BCUT2D eigenvalue weighted by Crippen LogP contribution is -2.53. The van der Waals surface area contributed by atoms with Crippen LogP contribution in [0.1, 0.15) is 31.2 Å². The molecule has 1 amide bonds. The van der Waals surface area contributed by atoms with Crippen molar-refractivity contribution in [2.75, 3.05) is 19.0 Å². The van der Waals surface area contributed by atoms with Crippen molar-refractivity contribution in [2.24, 2.45) is 11.8 Å². The van der Waals surface area contributed by atoms with Crippen LogP contribution in [-0.2, 0) is 4.79 Å². The predicted octanol–water partition coefficient (Wildman–Crippen LogP) is 2.62. The van der Waals surface area contributed by atoms with Crippen LogP contribution >= 0.6 is 0 Å². The number of fused-ring (bicyclic) bond motifs is 1. The lowest BCUT2D eigenvalue weighted by Gasteiger charge is -2.40. The van der Waals surface area contributed by atoms with Gasteiger partial charge in [-0.1, -0.05) is 0 Å². The molecule has 6 heteroatoms. The molecule has 0 radical (unpaired) electrons. The summed E-state index contributed by atoms with van der Waals surface area (Å²) >= 11 is 0. The van der Waals surface area contributed by atoms with Gasteiger partial charge in [-0.05, 0) is 43.7 Å². The highest BCUT2D eigenvalue weighted by molar-refractivity contribution is 5.80. The van der Waals surface area contributed by atoms with E-state index >= 15 is 0 Å². The van der Waals surface area contributed by atoms with E-state index < -0.39 is 6.17 Å². The summed E-state index contributed by atoms with van der Waals surface area (Å²) in [5.41, 5.74) is 1.27. The lowest BCUT2D eigenvalue weighted by atomic mass is 9.75. The number of nitrogens with zero attached hydrogens (tertiary/aromatic N) is 1. The zero-order valence-corrected chi connectivity index (χ0v) is 13.7. The third-order valence-electron chi connectivity index (χ3n) is 5.08. The topological polar surface area (TPSA) is 74.2 Å². The number of carbonyl (C=O) groups excluding carboxylic acids is 1. The first-order valence-corrected chi connectivity index (χ1v) is 8.37. The molecule has 0 spiro atoms. The number of carbonyl (C=O) groups is 1. The maximum Gasteiger partial charge on any atom is 0.225 e. The van der Waals surface area contributed by atoms with Crippen LogP contribution in [0.2, 0.25) is 0 Å². The van der Waals surface area contributed by atoms with Crippen molar-refractivity contribution < 1.29 is 13.9 Å². The molecule has 5 nitrogen and oxygen atoms in total. The maximum atomic E-state index is 13.6. The predicted molar refractivity (Wildman–Crippen MR) is 88.5 cm³/mol. The van der Waals surface area contributed by atoms with Gasteiger partial charge in [-0.25, -0.2) is 4.39 Å². The minimum Gasteiger partial charge on any atom is -0.495 e. The Bertz CT molecular complexity index is 658. The standard InChI is InChI=1S/C18H22FN3O2/c1-24-17-8-15(4-2-11(17)9-20)21-10-13-6-12-7-14(19)3-5-16(12)22-18(13)23/h2,4,8,12-14,16,21H,3,5-7,10H2,1H3,(H,22,23). The van der Waals surface area contributed by atoms with E-state index in [4.69, 9.17) is 10.00 Å². The fourth-order valence-corrected chi connectivity index (χ4v) is 3.74. The Morgan fingerprint density at radius 2 is 2.25 bits per heavy atom. The molecule has 1 heterocycles. The van der Waals surface area contributed by atoms with Crippen LogP contribution in [0.4, 0.5) is 10.1 Å². The first kappa shape index (κ1) is 16.6. The van der Waals surface area contributed by atoms with E-state index in [0.717, 1.165) is 18.5 Å². The van der Waals surface area contributed by atoms with Gasteiger partial charge in [0, 0.05) is 24.3 Å². The monoisotopic (exact) mass is 331 g/mol. The molecule has 2 N–H and O–H groups in total.